The number of nitrogens with one attached hydrogen (secondary N) is 1. The van der Waals surface area contributed by atoms with Gasteiger partial charge in [0.2, 0.25) is 0 Å². The Balaban J connectivity index is 2.26. The standard InChI is InChI=1S/C22H33N3O6S/c1-4-10-25(11-5-2)17-8-6-16(7-9-17)15(3)20(12-23)32(29,30)24-18-14-31-19(13-26)22(28)21(18)27/h6-9,18-19,21-22,24,26-28H,4-5,10-11,13-14H2,1-3H3/b20-15+/t18-,19+,21+,22+/m0/s1. The number of nitriles is 1. The largest absolute Gasteiger partial charge is 0.394 e. The van der Waals surface area contributed by atoms with Gasteiger partial charge < -0.3 is 25.0 Å². The van der Waals surface area contributed by atoms with E-state index in [9.17, 15) is 23.9 Å². The molecule has 178 valence electrons. The van der Waals surface area contributed by atoms with Gasteiger partial charge in [-0.3, -0.25) is 0 Å². The van der Waals surface area contributed by atoms with Crippen molar-refractivity contribution in [3.05, 3.63) is 34.7 Å². The van der Waals surface area contributed by atoms with Crippen LogP contribution in [0.2, 0.25) is 0 Å². The van der Waals surface area contributed by atoms with Gasteiger partial charge in [-0.05, 0) is 43.0 Å². The molecule has 4 N–H and O–H groups in total. The van der Waals surface area contributed by atoms with Crippen LogP contribution in [0.15, 0.2) is 29.2 Å². The Morgan fingerprint density at radius 3 is 2.28 bits per heavy atom. The number of allylic oxidation sites excluding steroid dienone is 2. The number of aliphatic hydroxyl groups is 3. The molecule has 2 rings (SSSR count). The number of rotatable bonds is 10. The van der Waals surface area contributed by atoms with Crippen LogP contribution in [0.25, 0.3) is 5.57 Å². The van der Waals surface area contributed by atoms with Gasteiger partial charge in [-0.1, -0.05) is 26.0 Å². The molecule has 4 atom stereocenters. The van der Waals surface area contributed by atoms with E-state index in [-0.39, 0.29) is 12.2 Å². The summed E-state index contributed by atoms with van der Waals surface area (Å²) in [5.74, 6) is 0. The summed E-state index contributed by atoms with van der Waals surface area (Å²) >= 11 is 0. The fourth-order valence-electron chi connectivity index (χ4n) is 3.71. The number of ether oxygens (including phenoxy) is 1. The van der Waals surface area contributed by atoms with Crippen LogP contribution in [0, 0.1) is 11.3 Å². The summed E-state index contributed by atoms with van der Waals surface area (Å²) in [6, 6.07) is 7.96. The van der Waals surface area contributed by atoms with Crippen molar-refractivity contribution in [2.75, 3.05) is 31.2 Å². The van der Waals surface area contributed by atoms with E-state index in [0.29, 0.717) is 5.56 Å². The summed E-state index contributed by atoms with van der Waals surface area (Å²) in [5, 5.41) is 38.9. The zero-order chi connectivity index (χ0) is 23.9. The number of aliphatic hydroxyl groups excluding tert-OH is 3. The van der Waals surface area contributed by atoms with Gasteiger partial charge in [0, 0.05) is 18.8 Å². The normalized spacial score (nSPS) is 24.5. The smallest absolute Gasteiger partial charge is 0.251 e. The summed E-state index contributed by atoms with van der Waals surface area (Å²) in [5.41, 5.74) is 1.88. The molecule has 1 saturated heterocycles. The Morgan fingerprint density at radius 2 is 1.78 bits per heavy atom. The molecule has 1 aliphatic rings. The first-order valence-corrected chi connectivity index (χ1v) is 12.3. The predicted octanol–water partition coefficient (Wildman–Crippen LogP) is 0.968. The van der Waals surface area contributed by atoms with Crippen LogP contribution in [0.3, 0.4) is 0 Å². The van der Waals surface area contributed by atoms with Crippen LogP contribution in [0.5, 0.6) is 0 Å². The van der Waals surface area contributed by atoms with Gasteiger partial charge >= 0.3 is 0 Å². The van der Waals surface area contributed by atoms with Crippen LogP contribution >= 0.6 is 0 Å². The minimum absolute atomic E-state index is 0.250. The van der Waals surface area contributed by atoms with E-state index >= 15 is 0 Å². The minimum atomic E-state index is -4.30. The molecule has 1 heterocycles. The molecule has 9 nitrogen and oxygen atoms in total. The molecule has 0 aliphatic carbocycles. The van der Waals surface area contributed by atoms with Crippen LogP contribution in [-0.4, -0.2) is 74.4 Å². The first kappa shape index (κ1) is 26.3. The van der Waals surface area contributed by atoms with Crippen molar-refractivity contribution in [2.45, 2.75) is 58.0 Å². The molecule has 0 unspecified atom stereocenters. The van der Waals surface area contributed by atoms with E-state index in [4.69, 9.17) is 9.84 Å². The predicted molar refractivity (Wildman–Crippen MR) is 122 cm³/mol. The van der Waals surface area contributed by atoms with Gasteiger partial charge in [0.25, 0.3) is 10.0 Å². The van der Waals surface area contributed by atoms with Gasteiger partial charge in [0.05, 0.1) is 19.3 Å². The average molecular weight is 468 g/mol. The lowest BCUT2D eigenvalue weighted by molar-refractivity contribution is -0.158. The molecule has 0 aromatic heterocycles. The van der Waals surface area contributed by atoms with Crippen molar-refractivity contribution < 1.29 is 28.5 Å². The number of hydrogen-bond acceptors (Lipinski definition) is 8. The van der Waals surface area contributed by atoms with E-state index in [0.717, 1.165) is 31.6 Å². The minimum Gasteiger partial charge on any atom is -0.394 e. The second-order valence-electron chi connectivity index (χ2n) is 7.86. The zero-order valence-corrected chi connectivity index (χ0v) is 19.5. The molecular weight excluding hydrogens is 434 g/mol. The second-order valence-corrected chi connectivity index (χ2v) is 9.51. The van der Waals surface area contributed by atoms with Crippen LogP contribution in [0.4, 0.5) is 5.69 Å². The summed E-state index contributed by atoms with van der Waals surface area (Å²) in [4.78, 5) is 1.78. The van der Waals surface area contributed by atoms with Crippen molar-refractivity contribution in [3.63, 3.8) is 0 Å². The SMILES string of the molecule is CCCN(CCC)c1ccc(/C(C)=C(\C#N)S(=O)(=O)N[C@H]2CO[C@H](CO)[C@@H](O)[C@@H]2O)cc1. The van der Waals surface area contributed by atoms with Crippen LogP contribution in [-0.2, 0) is 14.8 Å². The molecule has 1 aromatic carbocycles. The van der Waals surface area contributed by atoms with Crippen LogP contribution < -0.4 is 9.62 Å². The molecular formula is C22H33N3O6S. The fourth-order valence-corrected chi connectivity index (χ4v) is 5.08. The van der Waals surface area contributed by atoms with E-state index < -0.39 is 45.9 Å². The molecule has 0 amide bonds. The topological polar surface area (TPSA) is 143 Å². The maximum Gasteiger partial charge on any atom is 0.251 e. The van der Waals surface area contributed by atoms with Crippen molar-refractivity contribution >= 4 is 21.3 Å². The summed E-state index contributed by atoms with van der Waals surface area (Å²) in [6.45, 7) is 6.84. The van der Waals surface area contributed by atoms with Crippen molar-refractivity contribution in [2.24, 2.45) is 0 Å². The molecule has 0 spiro atoms. The quantitative estimate of drug-likeness (QED) is 0.373. The average Bonchev–Trinajstić information content (AvgIpc) is 2.77. The van der Waals surface area contributed by atoms with E-state index in [2.05, 4.69) is 23.5 Å². The highest BCUT2D eigenvalue weighted by Crippen LogP contribution is 2.25. The lowest BCUT2D eigenvalue weighted by atomic mass is 9.99. The maximum absolute atomic E-state index is 12.9. The molecule has 1 aromatic rings. The fraction of sp³-hybridized carbons (Fsp3) is 0.591. The highest BCUT2D eigenvalue weighted by molar-refractivity contribution is 7.93. The number of hydrogen-bond donors (Lipinski definition) is 4. The lowest BCUT2D eigenvalue weighted by Crippen LogP contribution is -2.59. The Kier molecular flexibility index (Phi) is 9.64. The Bertz CT molecular complexity index is 920. The van der Waals surface area contributed by atoms with E-state index in [1.807, 2.05) is 12.1 Å². The molecule has 1 fully saturated rings. The summed E-state index contributed by atoms with van der Waals surface area (Å²) in [6.07, 6.45) is -1.93. The molecule has 10 heteroatoms. The molecule has 0 radical (unpaired) electrons. The number of sulfonamides is 1. The first-order valence-electron chi connectivity index (χ1n) is 10.8. The second kappa shape index (κ2) is 11.7. The van der Waals surface area contributed by atoms with E-state index in [1.54, 1.807) is 25.1 Å². The maximum atomic E-state index is 12.9. The Hall–Kier alpha value is -2.00. The van der Waals surface area contributed by atoms with Gasteiger partial charge in [-0.15, -0.1) is 0 Å². The third-order valence-corrected chi connectivity index (χ3v) is 7.03. The zero-order valence-electron chi connectivity index (χ0n) is 18.7. The molecule has 1 aliphatic heterocycles. The number of benzene rings is 1. The van der Waals surface area contributed by atoms with E-state index in [1.165, 1.54) is 0 Å². The highest BCUT2D eigenvalue weighted by atomic mass is 32.2. The molecule has 0 bridgehead atoms. The van der Waals surface area contributed by atoms with Crippen LogP contribution in [0.1, 0.15) is 39.2 Å². The Labute approximate surface area is 190 Å². The third kappa shape index (κ3) is 6.07. The number of anilines is 1. The van der Waals surface area contributed by atoms with Gasteiger partial charge in [-0.25, -0.2) is 13.1 Å². The van der Waals surface area contributed by atoms with Crippen molar-refractivity contribution in [1.82, 2.24) is 4.72 Å². The number of nitrogens with zero attached hydrogens (tertiary/aromatic N) is 2. The van der Waals surface area contributed by atoms with Gasteiger partial charge in [0.1, 0.15) is 24.4 Å². The lowest BCUT2D eigenvalue weighted by Gasteiger charge is -2.36. The summed E-state index contributed by atoms with van der Waals surface area (Å²) < 4.78 is 33.3. The van der Waals surface area contributed by atoms with Gasteiger partial charge in [0.15, 0.2) is 4.91 Å². The van der Waals surface area contributed by atoms with Crippen molar-refractivity contribution in [1.29, 1.82) is 5.26 Å². The highest BCUT2D eigenvalue weighted by Gasteiger charge is 2.40. The third-order valence-electron chi connectivity index (χ3n) is 5.48. The molecule has 0 saturated carbocycles. The van der Waals surface area contributed by atoms with Gasteiger partial charge in [-0.2, -0.15) is 5.26 Å². The first-order chi connectivity index (χ1) is 15.2. The van der Waals surface area contributed by atoms with Crippen molar-refractivity contribution in [3.8, 4) is 6.07 Å². The monoisotopic (exact) mass is 467 g/mol. The molecule has 32 heavy (non-hydrogen) atoms. The Morgan fingerprint density at radius 1 is 1.19 bits per heavy atom. The summed E-state index contributed by atoms with van der Waals surface area (Å²) in [7, 11) is -4.30.